The molecule has 0 aromatic rings. The normalized spacial score (nSPS) is 14.2. The molecule has 0 aromatic heterocycles. The number of aliphatic hydroxyl groups excluding tert-OH is 1. The smallest absolute Gasteiger partial charge is 0.462 e. The van der Waals surface area contributed by atoms with Crippen LogP contribution < -0.4 is 0 Å². The van der Waals surface area contributed by atoms with Gasteiger partial charge in [0.2, 0.25) is 0 Å². The van der Waals surface area contributed by atoms with Gasteiger partial charge in [-0.05, 0) is 57.3 Å². The molecule has 0 spiro atoms. The van der Waals surface area contributed by atoms with Crippen LogP contribution in [0.4, 0.5) is 0 Å². The maximum absolute atomic E-state index is 13.1. The van der Waals surface area contributed by atoms with Crippen LogP contribution in [0.2, 0.25) is 0 Å². The summed E-state index contributed by atoms with van der Waals surface area (Å²) < 4.78 is 68.8. The number of esters is 4. The molecule has 0 radical (unpaired) electrons. The fourth-order valence-corrected chi connectivity index (χ4v) is 14.1. The Morgan fingerprint density at radius 1 is 0.311 bits per heavy atom. The highest BCUT2D eigenvalue weighted by molar-refractivity contribution is 7.47. The van der Waals surface area contributed by atoms with Crippen molar-refractivity contribution in [2.24, 2.45) is 5.92 Å². The molecular formula is C84H160O17P2. The monoisotopic (exact) mass is 1500 g/mol. The standard InChI is InChI=1S/C84H160O17P2/c1-6-10-13-16-19-22-25-27-29-30-31-32-34-40-45-50-55-60-65-70-84(89)101-80(74-95-82(87)68-63-58-53-48-43-38-36-35-37-42-46-51-56-61-66-77(5)9-4)76-99-103(92,93)97-72-78(85)71-96-102(90,91)98-75-79(73-94-81(86)67-62-57-52-47-41-24-21-18-15-12-8-3)100-83(88)69-64-59-54-49-44-39-33-28-26-23-20-17-14-11-7-2/h23,26,28,33,77-80,85H,6-22,24-25,27,29-32,34-76H2,1-5H3,(H,90,91)(H,92,93)/b26-23-,33-28-/t77?,78-,79+,80+/m0/s1. The number of carbonyl (C=O) groups excluding carboxylic acids is 4. The lowest BCUT2D eigenvalue weighted by Gasteiger charge is -2.21. The third kappa shape index (κ3) is 76.1. The molecule has 0 heterocycles. The minimum Gasteiger partial charge on any atom is -0.462 e. The summed E-state index contributed by atoms with van der Waals surface area (Å²) >= 11 is 0. The second-order valence-corrected chi connectivity index (χ2v) is 32.7. The van der Waals surface area contributed by atoms with Crippen LogP contribution in [0.1, 0.15) is 426 Å². The van der Waals surface area contributed by atoms with Crippen LogP contribution in [0.5, 0.6) is 0 Å². The Labute approximate surface area is 631 Å². The number of unbranched alkanes of at least 4 members (excludes halogenated alkanes) is 50. The molecule has 0 rings (SSSR count). The van der Waals surface area contributed by atoms with Gasteiger partial charge in [-0.15, -0.1) is 0 Å². The Morgan fingerprint density at radius 2 is 0.544 bits per heavy atom. The Bertz CT molecular complexity index is 2060. The summed E-state index contributed by atoms with van der Waals surface area (Å²) in [6.45, 7) is 7.34. The van der Waals surface area contributed by atoms with Gasteiger partial charge in [0, 0.05) is 25.7 Å². The van der Waals surface area contributed by atoms with Crippen molar-refractivity contribution in [3.63, 3.8) is 0 Å². The van der Waals surface area contributed by atoms with Crippen molar-refractivity contribution >= 4 is 39.5 Å². The number of rotatable bonds is 82. The number of aliphatic hydroxyl groups is 1. The quantitative estimate of drug-likeness (QED) is 0.0169. The van der Waals surface area contributed by atoms with Gasteiger partial charge in [0.05, 0.1) is 26.4 Å². The first-order valence-corrected chi connectivity index (χ1v) is 46.0. The molecule has 0 fully saturated rings. The van der Waals surface area contributed by atoms with Gasteiger partial charge < -0.3 is 33.8 Å². The average molecular weight is 1500 g/mol. The van der Waals surface area contributed by atoms with Crippen LogP contribution in [0, 0.1) is 5.92 Å². The number of phosphoric ester groups is 2. The maximum Gasteiger partial charge on any atom is 0.472 e. The molecule has 103 heavy (non-hydrogen) atoms. The Morgan fingerprint density at radius 3 is 0.825 bits per heavy atom. The summed E-state index contributed by atoms with van der Waals surface area (Å²) in [4.78, 5) is 73.1. The average Bonchev–Trinajstić information content (AvgIpc) is 0.908. The highest BCUT2D eigenvalue weighted by Crippen LogP contribution is 2.45. The topological polar surface area (TPSA) is 237 Å². The van der Waals surface area contributed by atoms with Crippen LogP contribution in [0.3, 0.4) is 0 Å². The number of carbonyl (C=O) groups is 4. The molecule has 0 aliphatic heterocycles. The van der Waals surface area contributed by atoms with E-state index in [2.05, 4.69) is 58.9 Å². The van der Waals surface area contributed by atoms with E-state index < -0.39 is 97.5 Å². The zero-order chi connectivity index (χ0) is 75.5. The van der Waals surface area contributed by atoms with Crippen molar-refractivity contribution in [2.45, 2.75) is 445 Å². The lowest BCUT2D eigenvalue weighted by molar-refractivity contribution is -0.161. The van der Waals surface area contributed by atoms with E-state index in [-0.39, 0.29) is 25.7 Å². The molecule has 0 saturated carbocycles. The van der Waals surface area contributed by atoms with Gasteiger partial charge in [-0.2, -0.15) is 0 Å². The first-order valence-electron chi connectivity index (χ1n) is 43.0. The minimum absolute atomic E-state index is 0.0857. The SMILES string of the molecule is CCCCCC/C=C\C=C/CCCCCCCC(=O)O[C@H](COC(=O)CCCCCCCCCCCCC)COP(=O)(O)OC[C@H](O)COP(=O)(O)OC[C@@H](COC(=O)CCCCCCCCCCCCCCCCC(C)CC)OC(=O)CCCCCCCCCCCCCCCCCCCCC. The molecule has 0 saturated heterocycles. The third-order valence-electron chi connectivity index (χ3n) is 19.5. The van der Waals surface area contributed by atoms with E-state index in [0.29, 0.717) is 25.7 Å². The fourth-order valence-electron chi connectivity index (χ4n) is 12.5. The van der Waals surface area contributed by atoms with Crippen LogP contribution >= 0.6 is 15.6 Å². The predicted octanol–water partition coefficient (Wildman–Crippen LogP) is 25.1. The number of ether oxygens (including phenoxy) is 4. The van der Waals surface area contributed by atoms with Gasteiger partial charge in [-0.1, -0.05) is 374 Å². The first-order chi connectivity index (χ1) is 50.1. The summed E-state index contributed by atoms with van der Waals surface area (Å²) in [5.74, 6) is -1.28. The van der Waals surface area contributed by atoms with Crippen LogP contribution in [-0.4, -0.2) is 96.7 Å². The van der Waals surface area contributed by atoms with Crippen molar-refractivity contribution in [1.29, 1.82) is 0 Å². The highest BCUT2D eigenvalue weighted by atomic mass is 31.2. The molecule has 608 valence electrons. The molecule has 6 atom stereocenters. The van der Waals surface area contributed by atoms with Crippen molar-refractivity contribution in [3.05, 3.63) is 24.3 Å². The van der Waals surface area contributed by atoms with E-state index in [4.69, 9.17) is 37.0 Å². The van der Waals surface area contributed by atoms with Crippen molar-refractivity contribution < 1.29 is 80.2 Å². The Balaban J connectivity index is 5.28. The molecule has 17 nitrogen and oxygen atoms in total. The molecular weight excluding hydrogens is 1340 g/mol. The van der Waals surface area contributed by atoms with Gasteiger partial charge in [0.1, 0.15) is 19.3 Å². The summed E-state index contributed by atoms with van der Waals surface area (Å²) in [5.41, 5.74) is 0. The second-order valence-electron chi connectivity index (χ2n) is 29.8. The lowest BCUT2D eigenvalue weighted by Crippen LogP contribution is -2.30. The van der Waals surface area contributed by atoms with E-state index in [1.807, 2.05) is 0 Å². The zero-order valence-electron chi connectivity index (χ0n) is 66.9. The van der Waals surface area contributed by atoms with Crippen molar-refractivity contribution in [3.8, 4) is 0 Å². The number of allylic oxidation sites excluding steroid dienone is 4. The van der Waals surface area contributed by atoms with Gasteiger partial charge in [-0.25, -0.2) is 9.13 Å². The fraction of sp³-hybridized carbons (Fsp3) is 0.905. The van der Waals surface area contributed by atoms with Gasteiger partial charge >= 0.3 is 39.5 Å². The summed E-state index contributed by atoms with van der Waals surface area (Å²) in [6.07, 6.45) is 71.4. The zero-order valence-corrected chi connectivity index (χ0v) is 68.7. The van der Waals surface area contributed by atoms with E-state index in [1.54, 1.807) is 0 Å². The minimum atomic E-state index is -4.97. The molecule has 0 aliphatic carbocycles. The van der Waals surface area contributed by atoms with E-state index >= 15 is 0 Å². The van der Waals surface area contributed by atoms with Gasteiger partial charge in [0.15, 0.2) is 12.2 Å². The van der Waals surface area contributed by atoms with E-state index in [0.717, 1.165) is 109 Å². The number of hydrogen-bond donors (Lipinski definition) is 3. The van der Waals surface area contributed by atoms with Crippen LogP contribution in [-0.2, 0) is 65.4 Å². The van der Waals surface area contributed by atoms with E-state index in [1.165, 1.54) is 238 Å². The largest absolute Gasteiger partial charge is 0.472 e. The third-order valence-corrected chi connectivity index (χ3v) is 21.4. The predicted molar refractivity (Wildman–Crippen MR) is 423 cm³/mol. The van der Waals surface area contributed by atoms with Gasteiger partial charge in [-0.3, -0.25) is 37.3 Å². The summed E-state index contributed by atoms with van der Waals surface area (Å²) in [5, 5.41) is 10.7. The molecule has 19 heteroatoms. The lowest BCUT2D eigenvalue weighted by atomic mass is 9.99. The summed E-state index contributed by atoms with van der Waals surface area (Å²) in [6, 6.07) is 0. The molecule has 3 N–H and O–H groups in total. The molecule has 0 amide bonds. The van der Waals surface area contributed by atoms with Crippen molar-refractivity contribution in [1.82, 2.24) is 0 Å². The maximum atomic E-state index is 13.1. The number of hydrogen-bond acceptors (Lipinski definition) is 15. The Kier molecular flexibility index (Phi) is 74.5. The first kappa shape index (κ1) is 101. The highest BCUT2D eigenvalue weighted by Gasteiger charge is 2.30. The molecule has 0 aliphatic rings. The van der Waals surface area contributed by atoms with Crippen molar-refractivity contribution in [2.75, 3.05) is 39.6 Å². The van der Waals surface area contributed by atoms with E-state index in [9.17, 15) is 43.2 Å². The second kappa shape index (κ2) is 76.3. The van der Waals surface area contributed by atoms with Crippen LogP contribution in [0.15, 0.2) is 24.3 Å². The summed E-state index contributed by atoms with van der Waals surface area (Å²) in [7, 11) is -9.94. The number of phosphoric acid groups is 2. The molecule has 0 aromatic carbocycles. The Hall–Kier alpha value is -2.46. The molecule has 3 unspecified atom stereocenters. The van der Waals surface area contributed by atoms with Crippen LogP contribution in [0.25, 0.3) is 0 Å². The molecule has 0 bridgehead atoms. The van der Waals surface area contributed by atoms with Gasteiger partial charge in [0.25, 0.3) is 0 Å².